The molecule has 0 bridgehead atoms. The van der Waals surface area contributed by atoms with E-state index in [0.29, 0.717) is 23.8 Å². The average molecular weight is 405 g/mol. The maximum atomic E-state index is 13.4. The molecule has 2 atom stereocenters. The van der Waals surface area contributed by atoms with Gasteiger partial charge < -0.3 is 15.1 Å². The maximum Gasteiger partial charge on any atom is 0.255 e. The highest BCUT2D eigenvalue weighted by atomic mass is 32.2. The van der Waals surface area contributed by atoms with Crippen LogP contribution in [0.1, 0.15) is 48.0 Å². The van der Waals surface area contributed by atoms with Gasteiger partial charge in [-0.05, 0) is 37.8 Å². The zero-order valence-electron chi connectivity index (χ0n) is 17.4. The summed E-state index contributed by atoms with van der Waals surface area (Å²) in [6.45, 7) is 3.54. The number of rotatable bonds is 6. The molecule has 154 valence electrons. The van der Waals surface area contributed by atoms with Crippen molar-refractivity contribution < 1.29 is 14.5 Å². The number of aryl methyl sites for hydroxylation is 1. The fourth-order valence-electron chi connectivity index (χ4n) is 4.17. The SMILES string of the molecule is Cc1ccc(C(=O)N2[C@@H](C(=O)NCC[NH+](C)C)CS[C@@H]2C2CCCCC2)cc1. The summed E-state index contributed by atoms with van der Waals surface area (Å²) in [6, 6.07) is 7.36. The van der Waals surface area contributed by atoms with Crippen LogP contribution in [0.3, 0.4) is 0 Å². The minimum Gasteiger partial charge on any atom is -0.349 e. The van der Waals surface area contributed by atoms with E-state index < -0.39 is 0 Å². The lowest BCUT2D eigenvalue weighted by Crippen LogP contribution is -3.06. The number of hydrogen-bond acceptors (Lipinski definition) is 3. The van der Waals surface area contributed by atoms with Crippen molar-refractivity contribution in [2.75, 3.05) is 32.9 Å². The van der Waals surface area contributed by atoms with Crippen LogP contribution in [0.5, 0.6) is 0 Å². The molecule has 1 aliphatic carbocycles. The lowest BCUT2D eigenvalue weighted by atomic mass is 9.88. The number of nitrogens with zero attached hydrogens (tertiary/aromatic N) is 1. The molecule has 0 unspecified atom stereocenters. The number of carbonyl (C=O) groups excluding carboxylic acids is 2. The molecule has 3 rings (SSSR count). The maximum absolute atomic E-state index is 13.4. The van der Waals surface area contributed by atoms with E-state index in [0.717, 1.165) is 24.9 Å². The van der Waals surface area contributed by atoms with E-state index in [2.05, 4.69) is 19.4 Å². The quantitative estimate of drug-likeness (QED) is 0.759. The Labute approximate surface area is 173 Å². The second kappa shape index (κ2) is 9.79. The molecule has 2 N–H and O–H groups in total. The number of hydrogen-bond donors (Lipinski definition) is 2. The van der Waals surface area contributed by atoms with Crippen LogP contribution in [-0.2, 0) is 4.79 Å². The molecule has 28 heavy (non-hydrogen) atoms. The van der Waals surface area contributed by atoms with E-state index in [4.69, 9.17) is 0 Å². The number of amides is 2. The summed E-state index contributed by atoms with van der Waals surface area (Å²) in [5.74, 6) is 1.18. The number of carbonyl (C=O) groups is 2. The fourth-order valence-corrected chi connectivity index (χ4v) is 5.81. The zero-order valence-corrected chi connectivity index (χ0v) is 18.2. The smallest absolute Gasteiger partial charge is 0.255 e. The summed E-state index contributed by atoms with van der Waals surface area (Å²) in [5.41, 5.74) is 1.82. The normalized spacial score (nSPS) is 23.2. The van der Waals surface area contributed by atoms with Crippen molar-refractivity contribution in [1.29, 1.82) is 0 Å². The molecular weight excluding hydrogens is 370 g/mol. The van der Waals surface area contributed by atoms with Gasteiger partial charge in [0.15, 0.2) is 0 Å². The number of likely N-dealkylation sites (N-methyl/N-ethyl adjacent to an activating group) is 1. The van der Waals surface area contributed by atoms with Crippen LogP contribution >= 0.6 is 11.8 Å². The van der Waals surface area contributed by atoms with Crippen LogP contribution in [0, 0.1) is 12.8 Å². The van der Waals surface area contributed by atoms with E-state index in [1.807, 2.05) is 36.1 Å². The molecule has 0 radical (unpaired) electrons. The van der Waals surface area contributed by atoms with Crippen LogP contribution < -0.4 is 10.2 Å². The predicted octanol–water partition coefficient (Wildman–Crippen LogP) is 1.72. The molecule has 2 aliphatic rings. The molecule has 1 aromatic rings. The Morgan fingerprint density at radius 2 is 1.82 bits per heavy atom. The van der Waals surface area contributed by atoms with Crippen molar-refractivity contribution in [2.45, 2.75) is 50.4 Å². The summed E-state index contributed by atoms with van der Waals surface area (Å²) >= 11 is 1.80. The molecule has 1 saturated heterocycles. The van der Waals surface area contributed by atoms with Gasteiger partial charge in [0.05, 0.1) is 32.6 Å². The molecular formula is C22H34N3O2S+. The Balaban J connectivity index is 1.78. The highest BCUT2D eigenvalue weighted by Gasteiger charge is 2.45. The molecule has 2 fully saturated rings. The van der Waals surface area contributed by atoms with Gasteiger partial charge in [-0.1, -0.05) is 37.0 Å². The summed E-state index contributed by atoms with van der Waals surface area (Å²) in [6.07, 6.45) is 6.07. The molecule has 1 heterocycles. The van der Waals surface area contributed by atoms with E-state index in [1.165, 1.54) is 24.2 Å². The van der Waals surface area contributed by atoms with Crippen molar-refractivity contribution in [1.82, 2.24) is 10.2 Å². The van der Waals surface area contributed by atoms with E-state index in [1.54, 1.807) is 11.8 Å². The van der Waals surface area contributed by atoms with Gasteiger partial charge in [-0.3, -0.25) is 9.59 Å². The van der Waals surface area contributed by atoms with E-state index in [9.17, 15) is 9.59 Å². The first-order valence-electron chi connectivity index (χ1n) is 10.5. The lowest BCUT2D eigenvalue weighted by Gasteiger charge is -2.35. The van der Waals surface area contributed by atoms with Crippen LogP contribution in [0.2, 0.25) is 0 Å². The minimum absolute atomic E-state index is 0.000965. The van der Waals surface area contributed by atoms with Gasteiger partial charge in [0, 0.05) is 11.3 Å². The summed E-state index contributed by atoms with van der Waals surface area (Å²) in [5, 5.41) is 3.17. The van der Waals surface area contributed by atoms with E-state index in [-0.39, 0.29) is 23.2 Å². The Hall–Kier alpha value is -1.53. The third-order valence-electron chi connectivity index (χ3n) is 5.85. The fraction of sp³-hybridized carbons (Fsp3) is 0.636. The standard InChI is InChI=1S/C22H33N3O2S/c1-16-9-11-17(12-10-16)21(27)25-19(20(26)23-13-14-24(2)3)15-28-22(25)18-7-5-4-6-8-18/h9-12,18-19,22H,4-8,13-15H2,1-3H3,(H,23,26)/p+1/t19-,22-/m1/s1. The van der Waals surface area contributed by atoms with Gasteiger partial charge in [0.1, 0.15) is 6.04 Å². The predicted molar refractivity (Wildman–Crippen MR) is 115 cm³/mol. The molecule has 2 amide bonds. The zero-order chi connectivity index (χ0) is 20.1. The molecule has 1 aromatic carbocycles. The van der Waals surface area contributed by atoms with Crippen molar-refractivity contribution in [2.24, 2.45) is 5.92 Å². The first-order valence-corrected chi connectivity index (χ1v) is 11.6. The second-order valence-corrected chi connectivity index (χ2v) is 9.61. The molecule has 1 aliphatic heterocycles. The lowest BCUT2D eigenvalue weighted by molar-refractivity contribution is -0.856. The highest BCUT2D eigenvalue weighted by Crippen LogP contribution is 2.41. The molecule has 1 saturated carbocycles. The topological polar surface area (TPSA) is 53.9 Å². The van der Waals surface area contributed by atoms with Crippen LogP contribution in [0.4, 0.5) is 0 Å². The van der Waals surface area contributed by atoms with Gasteiger partial charge in [-0.2, -0.15) is 0 Å². The van der Waals surface area contributed by atoms with Crippen molar-refractivity contribution in [3.05, 3.63) is 35.4 Å². The van der Waals surface area contributed by atoms with Crippen molar-refractivity contribution in [3.63, 3.8) is 0 Å². The number of quaternary nitrogens is 1. The third-order valence-corrected chi connectivity index (χ3v) is 7.31. The van der Waals surface area contributed by atoms with Crippen molar-refractivity contribution >= 4 is 23.6 Å². The van der Waals surface area contributed by atoms with Crippen LogP contribution in [0.15, 0.2) is 24.3 Å². The molecule has 0 aromatic heterocycles. The molecule has 0 spiro atoms. The molecule has 6 heteroatoms. The van der Waals surface area contributed by atoms with Gasteiger partial charge in [0.2, 0.25) is 5.91 Å². The minimum atomic E-state index is -0.372. The van der Waals surface area contributed by atoms with E-state index >= 15 is 0 Å². The number of benzene rings is 1. The Morgan fingerprint density at radius 3 is 2.46 bits per heavy atom. The van der Waals surface area contributed by atoms with Crippen LogP contribution in [0.25, 0.3) is 0 Å². The largest absolute Gasteiger partial charge is 0.349 e. The second-order valence-electron chi connectivity index (χ2n) is 8.46. The first-order chi connectivity index (χ1) is 13.5. The first kappa shape index (κ1) is 21.2. The Kier molecular flexibility index (Phi) is 7.41. The average Bonchev–Trinajstić information content (AvgIpc) is 3.13. The molecule has 5 nitrogen and oxygen atoms in total. The van der Waals surface area contributed by atoms with Gasteiger partial charge in [0.25, 0.3) is 5.91 Å². The highest BCUT2D eigenvalue weighted by molar-refractivity contribution is 8.00. The monoisotopic (exact) mass is 404 g/mol. The van der Waals surface area contributed by atoms with Gasteiger partial charge >= 0.3 is 0 Å². The Bertz CT molecular complexity index is 671. The number of nitrogens with one attached hydrogen (secondary N) is 2. The Morgan fingerprint density at radius 1 is 1.14 bits per heavy atom. The van der Waals surface area contributed by atoms with Gasteiger partial charge in [-0.25, -0.2) is 0 Å². The van der Waals surface area contributed by atoms with Crippen molar-refractivity contribution in [3.8, 4) is 0 Å². The van der Waals surface area contributed by atoms with Crippen LogP contribution in [-0.4, -0.2) is 61.1 Å². The summed E-state index contributed by atoms with van der Waals surface area (Å²) in [4.78, 5) is 29.6. The summed E-state index contributed by atoms with van der Waals surface area (Å²) < 4.78 is 0. The number of thioether (sulfide) groups is 1. The van der Waals surface area contributed by atoms with Gasteiger partial charge in [-0.15, -0.1) is 11.8 Å². The third kappa shape index (κ3) is 5.09. The summed E-state index contributed by atoms with van der Waals surface area (Å²) in [7, 11) is 4.15.